The molecule has 1 saturated heterocycles. The standard InChI is InChI=1S/C21H26ClN3O/c1-4-24-7-9-25(10-8-24)20-6-5-18(22)14-19(20)23-21(26)17-12-15(2)11-16(3)13-17/h5-6,11-14H,4,7-10H2,1-3H3,(H,23,26). The summed E-state index contributed by atoms with van der Waals surface area (Å²) in [5.41, 5.74) is 4.63. The zero-order valence-electron chi connectivity index (χ0n) is 15.7. The van der Waals surface area contributed by atoms with Crippen LogP contribution < -0.4 is 10.2 Å². The van der Waals surface area contributed by atoms with Gasteiger partial charge in [0.1, 0.15) is 0 Å². The number of likely N-dealkylation sites (N-methyl/N-ethyl adjacent to an activating group) is 1. The Hall–Kier alpha value is -2.04. The number of amides is 1. The number of nitrogens with zero attached hydrogens (tertiary/aromatic N) is 2. The first-order valence-corrected chi connectivity index (χ1v) is 9.50. The number of carbonyl (C=O) groups is 1. The van der Waals surface area contributed by atoms with Crippen LogP contribution in [0.15, 0.2) is 36.4 Å². The largest absolute Gasteiger partial charge is 0.367 e. The first-order valence-electron chi connectivity index (χ1n) is 9.13. The average Bonchev–Trinajstić information content (AvgIpc) is 2.61. The van der Waals surface area contributed by atoms with Crippen molar-refractivity contribution < 1.29 is 4.79 Å². The van der Waals surface area contributed by atoms with E-state index in [4.69, 9.17) is 11.6 Å². The molecule has 1 N–H and O–H groups in total. The topological polar surface area (TPSA) is 35.6 Å². The first-order chi connectivity index (χ1) is 12.5. The van der Waals surface area contributed by atoms with Gasteiger partial charge in [0.2, 0.25) is 0 Å². The molecule has 3 rings (SSSR count). The van der Waals surface area contributed by atoms with E-state index in [9.17, 15) is 4.79 Å². The van der Waals surface area contributed by atoms with Crippen molar-refractivity contribution in [2.45, 2.75) is 20.8 Å². The number of hydrogen-bond donors (Lipinski definition) is 1. The lowest BCUT2D eigenvalue weighted by Crippen LogP contribution is -2.46. The molecule has 0 spiro atoms. The van der Waals surface area contributed by atoms with E-state index < -0.39 is 0 Å². The van der Waals surface area contributed by atoms with E-state index in [1.54, 1.807) is 0 Å². The number of carbonyl (C=O) groups excluding carboxylic acids is 1. The molecular formula is C21H26ClN3O. The van der Waals surface area contributed by atoms with Gasteiger partial charge in [0.05, 0.1) is 11.4 Å². The molecule has 2 aromatic carbocycles. The molecule has 2 aromatic rings. The molecule has 1 amide bonds. The van der Waals surface area contributed by atoms with Crippen LogP contribution >= 0.6 is 11.6 Å². The summed E-state index contributed by atoms with van der Waals surface area (Å²) in [7, 11) is 0. The molecule has 0 aliphatic carbocycles. The summed E-state index contributed by atoms with van der Waals surface area (Å²) in [5, 5.41) is 3.69. The van der Waals surface area contributed by atoms with Crippen molar-refractivity contribution in [1.82, 2.24) is 4.90 Å². The Kier molecular flexibility index (Phi) is 5.84. The zero-order valence-corrected chi connectivity index (χ0v) is 16.4. The van der Waals surface area contributed by atoms with E-state index in [1.807, 2.05) is 44.2 Å². The number of hydrogen-bond acceptors (Lipinski definition) is 3. The van der Waals surface area contributed by atoms with Crippen molar-refractivity contribution >= 4 is 28.9 Å². The minimum absolute atomic E-state index is 0.104. The van der Waals surface area contributed by atoms with Crippen molar-refractivity contribution in [3.8, 4) is 0 Å². The van der Waals surface area contributed by atoms with Gasteiger partial charge in [-0.2, -0.15) is 0 Å². The van der Waals surface area contributed by atoms with Gasteiger partial charge in [0, 0.05) is 36.8 Å². The number of rotatable bonds is 4. The van der Waals surface area contributed by atoms with Crippen LogP contribution in [0.5, 0.6) is 0 Å². The maximum atomic E-state index is 12.8. The molecule has 0 atom stereocenters. The van der Waals surface area contributed by atoms with Crippen LogP contribution in [-0.2, 0) is 0 Å². The van der Waals surface area contributed by atoms with Gasteiger partial charge in [-0.15, -0.1) is 0 Å². The summed E-state index contributed by atoms with van der Waals surface area (Å²) in [4.78, 5) is 17.5. The molecule has 1 aliphatic rings. The van der Waals surface area contributed by atoms with Crippen LogP contribution in [0.25, 0.3) is 0 Å². The molecule has 0 bridgehead atoms. The predicted octanol–water partition coefficient (Wildman–Crippen LogP) is 4.35. The molecule has 0 radical (unpaired) electrons. The Morgan fingerprint density at radius 3 is 2.31 bits per heavy atom. The lowest BCUT2D eigenvalue weighted by atomic mass is 10.1. The number of aryl methyl sites for hydroxylation is 2. The van der Waals surface area contributed by atoms with Crippen molar-refractivity contribution in [3.63, 3.8) is 0 Å². The highest BCUT2D eigenvalue weighted by Gasteiger charge is 2.19. The van der Waals surface area contributed by atoms with Crippen LogP contribution in [0.2, 0.25) is 5.02 Å². The Morgan fingerprint density at radius 2 is 1.69 bits per heavy atom. The average molecular weight is 372 g/mol. The minimum atomic E-state index is -0.104. The van der Waals surface area contributed by atoms with E-state index in [1.165, 1.54) is 0 Å². The molecule has 0 aromatic heterocycles. The van der Waals surface area contributed by atoms with Crippen LogP contribution in [0, 0.1) is 13.8 Å². The lowest BCUT2D eigenvalue weighted by Gasteiger charge is -2.36. The Balaban J connectivity index is 1.83. The normalized spacial score (nSPS) is 15.2. The van der Waals surface area contributed by atoms with Gasteiger partial charge < -0.3 is 15.1 Å². The monoisotopic (exact) mass is 371 g/mol. The highest BCUT2D eigenvalue weighted by atomic mass is 35.5. The van der Waals surface area contributed by atoms with Gasteiger partial charge in [-0.3, -0.25) is 4.79 Å². The molecule has 138 valence electrons. The van der Waals surface area contributed by atoms with Crippen LogP contribution in [0.4, 0.5) is 11.4 Å². The first kappa shape index (κ1) is 18.7. The second kappa shape index (κ2) is 8.11. The molecule has 0 unspecified atom stereocenters. The maximum Gasteiger partial charge on any atom is 0.255 e. The molecule has 1 heterocycles. The third-order valence-electron chi connectivity index (χ3n) is 4.85. The molecule has 1 aliphatic heterocycles. The highest BCUT2D eigenvalue weighted by molar-refractivity contribution is 6.31. The van der Waals surface area contributed by atoms with E-state index in [2.05, 4.69) is 28.1 Å². The second-order valence-corrected chi connectivity index (χ2v) is 7.35. The molecule has 1 fully saturated rings. The molecule has 4 nitrogen and oxygen atoms in total. The fraction of sp³-hybridized carbons (Fsp3) is 0.381. The lowest BCUT2D eigenvalue weighted by molar-refractivity contribution is 0.102. The summed E-state index contributed by atoms with van der Waals surface area (Å²) in [6.07, 6.45) is 0. The number of piperazine rings is 1. The summed E-state index contributed by atoms with van der Waals surface area (Å²) in [6, 6.07) is 11.6. The summed E-state index contributed by atoms with van der Waals surface area (Å²) in [5.74, 6) is -0.104. The van der Waals surface area contributed by atoms with Crippen molar-refractivity contribution in [3.05, 3.63) is 58.1 Å². The molecule has 26 heavy (non-hydrogen) atoms. The van der Waals surface area contributed by atoms with Gasteiger partial charge in [-0.1, -0.05) is 35.7 Å². The smallest absolute Gasteiger partial charge is 0.255 e. The van der Waals surface area contributed by atoms with Gasteiger partial charge in [0.25, 0.3) is 5.91 Å². The summed E-state index contributed by atoms with van der Waals surface area (Å²) in [6.45, 7) is 11.2. The van der Waals surface area contributed by atoms with E-state index in [0.29, 0.717) is 10.6 Å². The van der Waals surface area contributed by atoms with E-state index >= 15 is 0 Å². The number of halogens is 1. The Morgan fingerprint density at radius 1 is 1.04 bits per heavy atom. The summed E-state index contributed by atoms with van der Waals surface area (Å²) >= 11 is 6.20. The molecular weight excluding hydrogens is 346 g/mol. The molecule has 0 saturated carbocycles. The van der Waals surface area contributed by atoms with Crippen LogP contribution in [0.1, 0.15) is 28.4 Å². The maximum absolute atomic E-state index is 12.8. The highest BCUT2D eigenvalue weighted by Crippen LogP contribution is 2.30. The fourth-order valence-corrected chi connectivity index (χ4v) is 3.66. The number of benzene rings is 2. The van der Waals surface area contributed by atoms with Gasteiger partial charge in [0.15, 0.2) is 0 Å². The number of nitrogens with one attached hydrogen (secondary N) is 1. The van der Waals surface area contributed by atoms with Crippen molar-refractivity contribution in [2.75, 3.05) is 42.9 Å². The minimum Gasteiger partial charge on any atom is -0.367 e. The SMILES string of the molecule is CCN1CCN(c2ccc(Cl)cc2NC(=O)c2cc(C)cc(C)c2)CC1. The second-order valence-electron chi connectivity index (χ2n) is 6.91. The fourth-order valence-electron chi connectivity index (χ4n) is 3.49. The van der Waals surface area contributed by atoms with Crippen LogP contribution in [-0.4, -0.2) is 43.5 Å². The van der Waals surface area contributed by atoms with Crippen molar-refractivity contribution in [1.29, 1.82) is 0 Å². The molecule has 5 heteroatoms. The van der Waals surface area contributed by atoms with Crippen molar-refractivity contribution in [2.24, 2.45) is 0 Å². The van der Waals surface area contributed by atoms with Gasteiger partial charge in [-0.05, 0) is 50.7 Å². The van der Waals surface area contributed by atoms with Gasteiger partial charge in [-0.25, -0.2) is 0 Å². The van der Waals surface area contributed by atoms with E-state index in [-0.39, 0.29) is 5.91 Å². The Labute approximate surface area is 160 Å². The zero-order chi connectivity index (χ0) is 18.7. The third kappa shape index (κ3) is 4.37. The quantitative estimate of drug-likeness (QED) is 0.867. The number of anilines is 2. The van der Waals surface area contributed by atoms with E-state index in [0.717, 1.165) is 55.2 Å². The van der Waals surface area contributed by atoms with Crippen LogP contribution in [0.3, 0.4) is 0 Å². The predicted molar refractivity (Wildman–Crippen MR) is 110 cm³/mol. The van der Waals surface area contributed by atoms with Gasteiger partial charge >= 0.3 is 0 Å². The third-order valence-corrected chi connectivity index (χ3v) is 5.09. The Bertz CT molecular complexity index is 778. The summed E-state index contributed by atoms with van der Waals surface area (Å²) < 4.78 is 0.